The third kappa shape index (κ3) is 3.50. The van der Waals surface area contributed by atoms with Crippen molar-refractivity contribution in [1.29, 1.82) is 0 Å². The van der Waals surface area contributed by atoms with E-state index in [2.05, 4.69) is 5.32 Å². The summed E-state index contributed by atoms with van der Waals surface area (Å²) in [4.78, 5) is 23.5. The van der Waals surface area contributed by atoms with E-state index in [-0.39, 0.29) is 11.5 Å². The maximum atomic E-state index is 12.5. The number of furan rings is 1. The van der Waals surface area contributed by atoms with E-state index < -0.39 is 5.97 Å². The summed E-state index contributed by atoms with van der Waals surface area (Å²) < 4.78 is 5.82. The number of carboxylic acid groups (broad SMARTS) is 1. The fourth-order valence-corrected chi connectivity index (χ4v) is 3.25. The molecule has 1 aliphatic carbocycles. The van der Waals surface area contributed by atoms with E-state index in [0.29, 0.717) is 22.9 Å². The van der Waals surface area contributed by atoms with Crippen molar-refractivity contribution in [2.24, 2.45) is 0 Å². The lowest BCUT2D eigenvalue weighted by atomic mass is 9.87. The Balaban J connectivity index is 1.76. The number of anilines is 1. The number of carbonyl (C=O) groups is 2. The topological polar surface area (TPSA) is 79.5 Å². The van der Waals surface area contributed by atoms with Crippen molar-refractivity contribution in [3.8, 4) is 0 Å². The number of hydrogen-bond donors (Lipinski definition) is 2. The van der Waals surface area contributed by atoms with Crippen molar-refractivity contribution in [3.05, 3.63) is 53.0 Å². The molecule has 1 aliphatic rings. The van der Waals surface area contributed by atoms with Gasteiger partial charge in [-0.05, 0) is 44.0 Å². The Morgan fingerprint density at radius 2 is 1.92 bits per heavy atom. The lowest BCUT2D eigenvalue weighted by Gasteiger charge is -2.18. The standard InChI is InChI=1S/C19H21NO4/c1-12-16(11-17(24-12)13-6-3-2-4-7-13)18(21)20-15-9-5-8-14(10-15)19(22)23/h5,8-11,13H,2-4,6-7H2,1H3,(H,20,21)(H,22,23). The molecule has 1 aromatic carbocycles. The van der Waals surface area contributed by atoms with E-state index in [0.717, 1.165) is 18.6 Å². The highest BCUT2D eigenvalue weighted by molar-refractivity contribution is 6.05. The number of benzene rings is 1. The zero-order valence-electron chi connectivity index (χ0n) is 13.7. The molecule has 0 saturated heterocycles. The molecule has 2 aromatic rings. The highest BCUT2D eigenvalue weighted by Gasteiger charge is 2.22. The van der Waals surface area contributed by atoms with E-state index >= 15 is 0 Å². The van der Waals surface area contributed by atoms with Crippen LogP contribution in [0, 0.1) is 6.92 Å². The fraction of sp³-hybridized carbons (Fsp3) is 0.368. The van der Waals surface area contributed by atoms with Gasteiger partial charge in [-0.2, -0.15) is 0 Å². The fourth-order valence-electron chi connectivity index (χ4n) is 3.25. The van der Waals surface area contributed by atoms with Crippen molar-refractivity contribution in [3.63, 3.8) is 0 Å². The Kier molecular flexibility index (Phi) is 4.69. The molecule has 0 aliphatic heterocycles. The average molecular weight is 327 g/mol. The minimum Gasteiger partial charge on any atom is -0.478 e. The van der Waals surface area contributed by atoms with Crippen molar-refractivity contribution < 1.29 is 19.1 Å². The highest BCUT2D eigenvalue weighted by Crippen LogP contribution is 2.34. The number of amides is 1. The molecule has 0 radical (unpaired) electrons. The van der Waals surface area contributed by atoms with Crippen LogP contribution in [0.1, 0.15) is 70.3 Å². The van der Waals surface area contributed by atoms with Gasteiger partial charge in [0.2, 0.25) is 0 Å². The lowest BCUT2D eigenvalue weighted by molar-refractivity contribution is 0.0696. The summed E-state index contributed by atoms with van der Waals surface area (Å²) in [7, 11) is 0. The molecule has 5 heteroatoms. The van der Waals surface area contributed by atoms with Gasteiger partial charge in [-0.25, -0.2) is 4.79 Å². The van der Waals surface area contributed by atoms with Crippen LogP contribution in [0.3, 0.4) is 0 Å². The molecule has 1 heterocycles. The molecule has 2 N–H and O–H groups in total. The maximum Gasteiger partial charge on any atom is 0.335 e. The number of aromatic carboxylic acids is 1. The first-order valence-electron chi connectivity index (χ1n) is 8.29. The van der Waals surface area contributed by atoms with E-state index in [1.807, 2.05) is 6.07 Å². The van der Waals surface area contributed by atoms with Crippen molar-refractivity contribution in [1.82, 2.24) is 0 Å². The second-order valence-corrected chi connectivity index (χ2v) is 6.29. The predicted octanol–water partition coefficient (Wildman–Crippen LogP) is 4.59. The first kappa shape index (κ1) is 16.3. The molecule has 126 valence electrons. The van der Waals surface area contributed by atoms with E-state index in [1.54, 1.807) is 19.1 Å². The first-order chi connectivity index (χ1) is 11.5. The predicted molar refractivity (Wildman–Crippen MR) is 90.6 cm³/mol. The highest BCUT2D eigenvalue weighted by atomic mass is 16.4. The summed E-state index contributed by atoms with van der Waals surface area (Å²) >= 11 is 0. The zero-order chi connectivity index (χ0) is 17.1. The van der Waals surface area contributed by atoms with E-state index in [4.69, 9.17) is 9.52 Å². The molecular weight excluding hydrogens is 306 g/mol. The van der Waals surface area contributed by atoms with Gasteiger partial charge in [-0.1, -0.05) is 25.3 Å². The first-order valence-corrected chi connectivity index (χ1v) is 8.29. The SMILES string of the molecule is Cc1oc(C2CCCCC2)cc1C(=O)Nc1cccc(C(=O)O)c1. The van der Waals surface area contributed by atoms with Gasteiger partial charge in [-0.3, -0.25) is 4.79 Å². The lowest BCUT2D eigenvalue weighted by Crippen LogP contribution is -2.12. The van der Waals surface area contributed by atoms with Gasteiger partial charge in [0.05, 0.1) is 11.1 Å². The van der Waals surface area contributed by atoms with Crippen LogP contribution in [-0.4, -0.2) is 17.0 Å². The molecule has 1 aromatic heterocycles. The van der Waals surface area contributed by atoms with Crippen LogP contribution >= 0.6 is 0 Å². The zero-order valence-corrected chi connectivity index (χ0v) is 13.7. The summed E-state index contributed by atoms with van der Waals surface area (Å²) in [6.07, 6.45) is 5.88. The Hall–Kier alpha value is -2.56. The summed E-state index contributed by atoms with van der Waals surface area (Å²) in [6, 6.07) is 8.04. The summed E-state index contributed by atoms with van der Waals surface area (Å²) in [6.45, 7) is 1.79. The minimum absolute atomic E-state index is 0.139. The number of rotatable bonds is 4. The second-order valence-electron chi connectivity index (χ2n) is 6.29. The number of carbonyl (C=O) groups excluding carboxylic acids is 1. The van der Waals surface area contributed by atoms with Crippen LogP contribution in [0.5, 0.6) is 0 Å². The normalized spacial score (nSPS) is 15.2. The summed E-state index contributed by atoms with van der Waals surface area (Å²) in [5.41, 5.74) is 1.11. The van der Waals surface area contributed by atoms with Gasteiger partial charge in [0.25, 0.3) is 5.91 Å². The number of hydrogen-bond acceptors (Lipinski definition) is 3. The number of nitrogens with one attached hydrogen (secondary N) is 1. The Labute approximate surface area is 140 Å². The van der Waals surface area contributed by atoms with Crippen LogP contribution in [0.25, 0.3) is 0 Å². The molecule has 1 fully saturated rings. The third-order valence-electron chi connectivity index (χ3n) is 4.56. The van der Waals surface area contributed by atoms with Crippen molar-refractivity contribution >= 4 is 17.6 Å². The molecule has 5 nitrogen and oxygen atoms in total. The van der Waals surface area contributed by atoms with E-state index in [1.165, 1.54) is 31.4 Å². The van der Waals surface area contributed by atoms with Crippen molar-refractivity contribution in [2.45, 2.75) is 44.9 Å². The van der Waals surface area contributed by atoms with Gasteiger partial charge in [0.15, 0.2) is 0 Å². The number of aryl methyl sites for hydroxylation is 1. The third-order valence-corrected chi connectivity index (χ3v) is 4.56. The second kappa shape index (κ2) is 6.91. The molecule has 24 heavy (non-hydrogen) atoms. The Bertz CT molecular complexity index is 756. The van der Waals surface area contributed by atoms with Crippen LogP contribution in [-0.2, 0) is 0 Å². The van der Waals surface area contributed by atoms with Gasteiger partial charge in [0.1, 0.15) is 11.5 Å². The average Bonchev–Trinajstić information content (AvgIpc) is 2.98. The van der Waals surface area contributed by atoms with Crippen LogP contribution in [0.4, 0.5) is 5.69 Å². The minimum atomic E-state index is -1.02. The summed E-state index contributed by atoms with van der Waals surface area (Å²) in [5, 5.41) is 11.8. The van der Waals surface area contributed by atoms with Gasteiger partial charge in [0, 0.05) is 11.6 Å². The maximum absolute atomic E-state index is 12.5. The Morgan fingerprint density at radius 3 is 2.62 bits per heavy atom. The van der Waals surface area contributed by atoms with Crippen LogP contribution in [0.15, 0.2) is 34.7 Å². The largest absolute Gasteiger partial charge is 0.478 e. The number of carboxylic acids is 1. The van der Waals surface area contributed by atoms with Crippen LogP contribution in [0.2, 0.25) is 0 Å². The van der Waals surface area contributed by atoms with Gasteiger partial charge in [-0.15, -0.1) is 0 Å². The molecular formula is C19H21NO4. The molecule has 1 saturated carbocycles. The molecule has 0 spiro atoms. The molecule has 3 rings (SSSR count). The van der Waals surface area contributed by atoms with Crippen molar-refractivity contribution in [2.75, 3.05) is 5.32 Å². The smallest absolute Gasteiger partial charge is 0.335 e. The molecule has 0 bridgehead atoms. The quantitative estimate of drug-likeness (QED) is 0.861. The summed E-state index contributed by atoms with van der Waals surface area (Å²) in [5.74, 6) is 0.583. The Morgan fingerprint density at radius 1 is 1.17 bits per heavy atom. The molecule has 0 atom stereocenters. The monoisotopic (exact) mass is 327 g/mol. The molecule has 0 unspecified atom stereocenters. The van der Waals surface area contributed by atoms with Crippen LogP contribution < -0.4 is 5.32 Å². The molecule has 1 amide bonds. The van der Waals surface area contributed by atoms with E-state index in [9.17, 15) is 9.59 Å². The van der Waals surface area contributed by atoms with Gasteiger partial charge >= 0.3 is 5.97 Å². The van der Waals surface area contributed by atoms with Gasteiger partial charge < -0.3 is 14.8 Å².